The van der Waals surface area contributed by atoms with Crippen molar-refractivity contribution in [1.29, 1.82) is 0 Å². The standard InChI is InChI=1S/C19H26N2O3/c1-2-11-20-19(24)13-21-18(23)10-9-17(22)16-8-7-14-5-3-4-6-15(14)12-16/h7-8,12H,2-6,9-11,13H2,1H3,(H,20,24)(H,21,23). The van der Waals surface area contributed by atoms with Crippen molar-refractivity contribution in [1.82, 2.24) is 10.6 Å². The second-order valence-corrected chi connectivity index (χ2v) is 6.24. The molecule has 0 aromatic heterocycles. The van der Waals surface area contributed by atoms with Crippen LogP contribution in [0.3, 0.4) is 0 Å². The number of Topliss-reactive ketones (excluding diaryl/α,β-unsaturated/α-hetero) is 1. The predicted molar refractivity (Wildman–Crippen MR) is 93.0 cm³/mol. The average Bonchev–Trinajstić information content (AvgIpc) is 2.62. The van der Waals surface area contributed by atoms with Crippen molar-refractivity contribution in [3.63, 3.8) is 0 Å². The number of carbonyl (C=O) groups is 3. The fourth-order valence-electron chi connectivity index (χ4n) is 2.87. The molecule has 0 saturated carbocycles. The minimum absolute atomic E-state index is 0.0195. The molecule has 5 nitrogen and oxygen atoms in total. The fraction of sp³-hybridized carbons (Fsp3) is 0.526. The third kappa shape index (κ3) is 5.48. The highest BCUT2D eigenvalue weighted by Gasteiger charge is 2.14. The summed E-state index contributed by atoms with van der Waals surface area (Å²) in [6, 6.07) is 5.88. The van der Waals surface area contributed by atoms with Crippen LogP contribution in [0.1, 0.15) is 60.5 Å². The normalized spacial score (nSPS) is 13.0. The van der Waals surface area contributed by atoms with Gasteiger partial charge in [-0.05, 0) is 49.3 Å². The Hall–Kier alpha value is -2.17. The highest BCUT2D eigenvalue weighted by Crippen LogP contribution is 2.22. The molecule has 5 heteroatoms. The van der Waals surface area contributed by atoms with Gasteiger partial charge in [0.15, 0.2) is 5.78 Å². The summed E-state index contributed by atoms with van der Waals surface area (Å²) in [6.07, 6.45) is 5.64. The van der Waals surface area contributed by atoms with Crippen molar-refractivity contribution in [2.24, 2.45) is 0 Å². The maximum atomic E-state index is 12.3. The van der Waals surface area contributed by atoms with E-state index in [1.165, 1.54) is 24.0 Å². The predicted octanol–water partition coefficient (Wildman–Crippen LogP) is 2.17. The van der Waals surface area contributed by atoms with Gasteiger partial charge in [-0.1, -0.05) is 19.1 Å². The largest absolute Gasteiger partial charge is 0.355 e. The van der Waals surface area contributed by atoms with Crippen molar-refractivity contribution >= 4 is 17.6 Å². The third-order valence-corrected chi connectivity index (χ3v) is 4.27. The van der Waals surface area contributed by atoms with E-state index in [4.69, 9.17) is 0 Å². The smallest absolute Gasteiger partial charge is 0.239 e. The molecular weight excluding hydrogens is 304 g/mol. The number of carbonyl (C=O) groups excluding carboxylic acids is 3. The minimum atomic E-state index is -0.270. The fourth-order valence-corrected chi connectivity index (χ4v) is 2.87. The second-order valence-electron chi connectivity index (χ2n) is 6.24. The molecule has 1 aliphatic rings. The number of benzene rings is 1. The van der Waals surface area contributed by atoms with Crippen LogP contribution in [-0.2, 0) is 22.4 Å². The van der Waals surface area contributed by atoms with Crippen LogP contribution in [0.5, 0.6) is 0 Å². The summed E-state index contributed by atoms with van der Waals surface area (Å²) in [7, 11) is 0. The first kappa shape index (κ1) is 18.2. The molecule has 1 aliphatic carbocycles. The molecule has 0 aliphatic heterocycles. The lowest BCUT2D eigenvalue weighted by molar-refractivity contribution is -0.126. The molecule has 0 fully saturated rings. The molecule has 2 amide bonds. The summed E-state index contributed by atoms with van der Waals surface area (Å²) in [5.41, 5.74) is 3.29. The summed E-state index contributed by atoms with van der Waals surface area (Å²) in [5.74, 6) is -0.492. The molecule has 0 bridgehead atoms. The molecule has 1 aromatic rings. The van der Waals surface area contributed by atoms with Gasteiger partial charge in [0.25, 0.3) is 0 Å². The topological polar surface area (TPSA) is 75.3 Å². The highest BCUT2D eigenvalue weighted by atomic mass is 16.2. The first-order chi connectivity index (χ1) is 11.6. The minimum Gasteiger partial charge on any atom is -0.355 e. The number of hydrogen-bond donors (Lipinski definition) is 2. The van der Waals surface area contributed by atoms with E-state index >= 15 is 0 Å². The Morgan fingerprint density at radius 3 is 2.46 bits per heavy atom. The van der Waals surface area contributed by atoms with E-state index in [0.29, 0.717) is 12.1 Å². The van der Waals surface area contributed by atoms with Gasteiger partial charge < -0.3 is 10.6 Å². The van der Waals surface area contributed by atoms with Crippen molar-refractivity contribution in [3.8, 4) is 0 Å². The van der Waals surface area contributed by atoms with Gasteiger partial charge in [-0.25, -0.2) is 0 Å². The van der Waals surface area contributed by atoms with Gasteiger partial charge in [0.1, 0.15) is 0 Å². The number of ketones is 1. The van der Waals surface area contributed by atoms with Crippen molar-refractivity contribution in [2.75, 3.05) is 13.1 Å². The van der Waals surface area contributed by atoms with E-state index in [9.17, 15) is 14.4 Å². The Morgan fingerprint density at radius 2 is 1.71 bits per heavy atom. The molecule has 0 saturated heterocycles. The molecule has 2 rings (SSSR count). The van der Waals surface area contributed by atoms with Crippen LogP contribution in [0.25, 0.3) is 0 Å². The number of fused-ring (bicyclic) bond motifs is 1. The Bertz CT molecular complexity index is 611. The monoisotopic (exact) mass is 330 g/mol. The third-order valence-electron chi connectivity index (χ3n) is 4.27. The van der Waals surface area contributed by atoms with Crippen molar-refractivity contribution in [3.05, 3.63) is 34.9 Å². The van der Waals surface area contributed by atoms with Crippen LogP contribution in [0, 0.1) is 0 Å². The van der Waals surface area contributed by atoms with Crippen LogP contribution in [0.15, 0.2) is 18.2 Å². The van der Waals surface area contributed by atoms with E-state index in [2.05, 4.69) is 10.6 Å². The Morgan fingerprint density at radius 1 is 0.958 bits per heavy atom. The van der Waals surface area contributed by atoms with E-state index in [1.54, 1.807) is 0 Å². The van der Waals surface area contributed by atoms with Crippen LogP contribution in [-0.4, -0.2) is 30.7 Å². The van der Waals surface area contributed by atoms with E-state index in [0.717, 1.165) is 19.3 Å². The molecule has 0 unspecified atom stereocenters. The first-order valence-electron chi connectivity index (χ1n) is 8.78. The zero-order valence-electron chi connectivity index (χ0n) is 14.3. The Balaban J connectivity index is 1.76. The molecule has 0 radical (unpaired) electrons. The van der Waals surface area contributed by atoms with E-state index in [1.807, 2.05) is 25.1 Å². The number of rotatable bonds is 8. The summed E-state index contributed by atoms with van der Waals surface area (Å²) in [6.45, 7) is 2.53. The SMILES string of the molecule is CCCNC(=O)CNC(=O)CCC(=O)c1ccc2c(c1)CCCC2. The van der Waals surface area contributed by atoms with Crippen molar-refractivity contribution in [2.45, 2.75) is 51.9 Å². The Labute approximate surface area is 143 Å². The molecule has 2 N–H and O–H groups in total. The molecule has 1 aromatic carbocycles. The molecular formula is C19H26N2O3. The number of amides is 2. The lowest BCUT2D eigenvalue weighted by Crippen LogP contribution is -2.37. The van der Waals surface area contributed by atoms with Gasteiger partial charge in [-0.2, -0.15) is 0 Å². The van der Waals surface area contributed by atoms with Gasteiger partial charge in [0.2, 0.25) is 11.8 Å². The highest BCUT2D eigenvalue weighted by molar-refractivity contribution is 5.98. The zero-order valence-corrected chi connectivity index (χ0v) is 14.3. The quantitative estimate of drug-likeness (QED) is 0.717. The first-order valence-corrected chi connectivity index (χ1v) is 8.78. The van der Waals surface area contributed by atoms with Crippen LogP contribution >= 0.6 is 0 Å². The van der Waals surface area contributed by atoms with Gasteiger partial charge in [-0.15, -0.1) is 0 Å². The molecule has 0 atom stereocenters. The van der Waals surface area contributed by atoms with Gasteiger partial charge in [0, 0.05) is 24.9 Å². The van der Waals surface area contributed by atoms with Crippen molar-refractivity contribution < 1.29 is 14.4 Å². The van der Waals surface area contributed by atoms with Gasteiger partial charge >= 0.3 is 0 Å². The maximum Gasteiger partial charge on any atom is 0.239 e. The molecule has 0 heterocycles. The summed E-state index contributed by atoms with van der Waals surface area (Å²) in [5, 5.41) is 5.23. The lowest BCUT2D eigenvalue weighted by Gasteiger charge is -2.16. The molecule has 130 valence electrons. The second kappa shape index (κ2) is 9.21. The summed E-state index contributed by atoms with van der Waals surface area (Å²) < 4.78 is 0. The molecule has 0 spiro atoms. The number of aryl methyl sites for hydroxylation is 2. The maximum absolute atomic E-state index is 12.3. The van der Waals surface area contributed by atoms with Crippen LogP contribution in [0.2, 0.25) is 0 Å². The lowest BCUT2D eigenvalue weighted by atomic mass is 9.89. The summed E-state index contributed by atoms with van der Waals surface area (Å²) in [4.78, 5) is 35.4. The van der Waals surface area contributed by atoms with Gasteiger partial charge in [-0.3, -0.25) is 14.4 Å². The van der Waals surface area contributed by atoms with E-state index in [-0.39, 0.29) is 37.0 Å². The van der Waals surface area contributed by atoms with Gasteiger partial charge in [0.05, 0.1) is 6.54 Å². The zero-order chi connectivity index (χ0) is 17.4. The van der Waals surface area contributed by atoms with Crippen LogP contribution in [0.4, 0.5) is 0 Å². The summed E-state index contributed by atoms with van der Waals surface area (Å²) >= 11 is 0. The average molecular weight is 330 g/mol. The number of hydrogen-bond acceptors (Lipinski definition) is 3. The molecule has 24 heavy (non-hydrogen) atoms. The van der Waals surface area contributed by atoms with Crippen LogP contribution < -0.4 is 10.6 Å². The Kier molecular flexibility index (Phi) is 6.97. The van der Waals surface area contributed by atoms with E-state index < -0.39 is 0 Å². The number of nitrogens with one attached hydrogen (secondary N) is 2.